The van der Waals surface area contributed by atoms with E-state index in [0.717, 1.165) is 22.3 Å². The number of hydrogen-bond donors (Lipinski definition) is 2. The van der Waals surface area contributed by atoms with Crippen molar-refractivity contribution in [2.75, 3.05) is 0 Å². The van der Waals surface area contributed by atoms with Gasteiger partial charge in [0.2, 0.25) is 0 Å². The molecular weight excluding hydrogens is 306 g/mol. The average molecular weight is 330 g/mol. The first-order chi connectivity index (χ1) is 9.64. The first-order valence-corrected chi connectivity index (χ1v) is 7.26. The van der Waals surface area contributed by atoms with E-state index in [4.69, 9.17) is 0 Å². The summed E-state index contributed by atoms with van der Waals surface area (Å²) in [5.41, 5.74) is 5.72. The van der Waals surface area contributed by atoms with Crippen LogP contribution in [0.4, 0.5) is 0 Å². The summed E-state index contributed by atoms with van der Waals surface area (Å²) < 4.78 is 0. The topological polar surface area (TPSA) is 40.5 Å². The van der Waals surface area contributed by atoms with Crippen LogP contribution >= 0.6 is 0 Å². The second kappa shape index (κ2) is 8.42. The molecule has 114 valence electrons. The Labute approximate surface area is 183 Å². The first kappa shape index (κ1) is 23.0. The van der Waals surface area contributed by atoms with Gasteiger partial charge in [0, 0.05) is 64.5 Å². The average Bonchev–Trinajstić information content (AvgIpc) is 2.40. The second-order valence-corrected chi connectivity index (χ2v) is 6.54. The summed E-state index contributed by atoms with van der Waals surface area (Å²) in [6.07, 6.45) is 0. The van der Waals surface area contributed by atoms with Crippen molar-refractivity contribution in [2.45, 2.75) is 47.0 Å². The van der Waals surface area contributed by atoms with Crippen molar-refractivity contribution < 1.29 is 10.2 Å². The number of benzene rings is 2. The van der Waals surface area contributed by atoms with Crippen LogP contribution in [0.3, 0.4) is 0 Å². The van der Waals surface area contributed by atoms with Crippen molar-refractivity contribution in [3.63, 3.8) is 0 Å². The number of aromatic hydroxyl groups is 2. The van der Waals surface area contributed by atoms with Crippen molar-refractivity contribution in [3.8, 4) is 11.5 Å². The van der Waals surface area contributed by atoms with E-state index in [0.29, 0.717) is 11.5 Å². The van der Waals surface area contributed by atoms with Gasteiger partial charge in [-0.15, -0.1) is 0 Å². The third-order valence-corrected chi connectivity index (χ3v) is 4.43. The van der Waals surface area contributed by atoms with E-state index in [2.05, 4.69) is 13.8 Å². The summed E-state index contributed by atoms with van der Waals surface area (Å²) >= 11 is 0. The van der Waals surface area contributed by atoms with Crippen LogP contribution in [0.25, 0.3) is 0 Å². The molecular formula is C19H24Na2O2. The van der Waals surface area contributed by atoms with Crippen molar-refractivity contribution >= 4 is 59.1 Å². The maximum Gasteiger partial charge on any atom is 0.121 e. The number of hydrogen-bond acceptors (Lipinski definition) is 2. The van der Waals surface area contributed by atoms with Gasteiger partial charge >= 0.3 is 0 Å². The van der Waals surface area contributed by atoms with Crippen molar-refractivity contribution in [3.05, 3.63) is 57.6 Å². The Morgan fingerprint density at radius 2 is 0.826 bits per heavy atom. The van der Waals surface area contributed by atoms with Crippen LogP contribution in [0.2, 0.25) is 0 Å². The predicted octanol–water partition coefficient (Wildman–Crippen LogP) is 3.90. The van der Waals surface area contributed by atoms with Gasteiger partial charge in [0.25, 0.3) is 0 Å². The molecule has 0 saturated carbocycles. The molecule has 0 heterocycles. The van der Waals surface area contributed by atoms with Crippen molar-refractivity contribution in [1.29, 1.82) is 0 Å². The molecule has 0 saturated heterocycles. The Bertz CT molecular complexity index is 601. The van der Waals surface area contributed by atoms with Crippen LogP contribution < -0.4 is 0 Å². The van der Waals surface area contributed by atoms with Crippen LogP contribution in [0.5, 0.6) is 11.5 Å². The minimum Gasteiger partial charge on any atom is -0.507 e. The van der Waals surface area contributed by atoms with E-state index in [1.54, 1.807) is 0 Å². The number of aryl methyl sites for hydroxylation is 4. The number of rotatable bonds is 2. The molecule has 2 rings (SSSR count). The summed E-state index contributed by atoms with van der Waals surface area (Å²) in [5, 5.41) is 19.9. The molecule has 0 aliphatic heterocycles. The van der Waals surface area contributed by atoms with E-state index in [9.17, 15) is 10.2 Å². The molecule has 0 aliphatic carbocycles. The van der Waals surface area contributed by atoms with E-state index in [-0.39, 0.29) is 64.5 Å². The van der Waals surface area contributed by atoms with Crippen LogP contribution in [-0.4, -0.2) is 69.3 Å². The van der Waals surface area contributed by atoms with Crippen LogP contribution in [0.15, 0.2) is 24.3 Å². The fraction of sp³-hybridized carbons (Fsp3) is 0.368. The summed E-state index contributed by atoms with van der Waals surface area (Å²) in [7, 11) is 0. The monoisotopic (exact) mass is 330 g/mol. The zero-order valence-electron chi connectivity index (χ0n) is 15.7. The van der Waals surface area contributed by atoms with E-state index in [1.807, 2.05) is 52.0 Å². The molecule has 2 radical (unpaired) electrons. The predicted molar refractivity (Wildman–Crippen MR) is 98.8 cm³/mol. The Balaban J connectivity index is 0.00000242. The molecule has 2 aromatic rings. The Morgan fingerprint density at radius 1 is 0.609 bits per heavy atom. The van der Waals surface area contributed by atoms with Gasteiger partial charge in [-0.2, -0.15) is 0 Å². The standard InChI is InChI=1S/C19H24O2.2Na/c1-11-7-15(8-12(2)17(11)20)19(5,6)16-9-13(3)18(21)14(4)10-16;;/h7-10,20-21H,1-6H3;;. The van der Waals surface area contributed by atoms with E-state index < -0.39 is 0 Å². The van der Waals surface area contributed by atoms with Gasteiger partial charge in [-0.1, -0.05) is 38.1 Å². The molecule has 2 nitrogen and oxygen atoms in total. The minimum absolute atomic E-state index is 0. The van der Waals surface area contributed by atoms with Gasteiger partial charge in [-0.25, -0.2) is 0 Å². The Kier molecular flexibility index (Phi) is 8.43. The maximum absolute atomic E-state index is 9.96. The third-order valence-electron chi connectivity index (χ3n) is 4.43. The molecule has 0 bridgehead atoms. The van der Waals surface area contributed by atoms with Crippen LogP contribution in [0.1, 0.15) is 47.2 Å². The van der Waals surface area contributed by atoms with Gasteiger partial charge in [-0.05, 0) is 61.1 Å². The molecule has 23 heavy (non-hydrogen) atoms. The minimum atomic E-state index is -0.188. The smallest absolute Gasteiger partial charge is 0.121 e. The molecule has 0 aliphatic rings. The van der Waals surface area contributed by atoms with Crippen molar-refractivity contribution in [2.24, 2.45) is 0 Å². The molecule has 2 aromatic carbocycles. The molecule has 0 atom stereocenters. The SMILES string of the molecule is Cc1cc(C(C)(C)c2cc(C)c(O)c(C)c2)cc(C)c1O.[Na].[Na]. The van der Waals surface area contributed by atoms with Crippen LogP contribution in [0, 0.1) is 27.7 Å². The normalized spacial score (nSPS) is 10.7. The molecule has 0 fully saturated rings. The number of phenolic OH excluding ortho intramolecular Hbond substituents is 2. The maximum atomic E-state index is 9.96. The number of phenols is 2. The quantitative estimate of drug-likeness (QED) is 0.820. The summed E-state index contributed by atoms with van der Waals surface area (Å²) in [5.74, 6) is 0.736. The molecule has 2 N–H and O–H groups in total. The van der Waals surface area contributed by atoms with Gasteiger partial charge in [0.1, 0.15) is 11.5 Å². The van der Waals surface area contributed by atoms with E-state index in [1.165, 1.54) is 11.1 Å². The van der Waals surface area contributed by atoms with Gasteiger partial charge in [-0.3, -0.25) is 0 Å². The first-order valence-electron chi connectivity index (χ1n) is 7.26. The molecule has 0 aromatic heterocycles. The molecule has 4 heteroatoms. The zero-order valence-corrected chi connectivity index (χ0v) is 19.7. The van der Waals surface area contributed by atoms with Gasteiger partial charge in [0.05, 0.1) is 0 Å². The molecule has 0 amide bonds. The fourth-order valence-corrected chi connectivity index (χ4v) is 2.80. The Hall–Kier alpha value is 0.0400. The largest absolute Gasteiger partial charge is 0.507 e. The molecule has 0 spiro atoms. The van der Waals surface area contributed by atoms with Crippen LogP contribution in [-0.2, 0) is 5.41 Å². The van der Waals surface area contributed by atoms with Crippen molar-refractivity contribution in [1.82, 2.24) is 0 Å². The van der Waals surface area contributed by atoms with E-state index >= 15 is 0 Å². The fourth-order valence-electron chi connectivity index (χ4n) is 2.80. The van der Waals surface area contributed by atoms with Gasteiger partial charge < -0.3 is 10.2 Å². The van der Waals surface area contributed by atoms with Gasteiger partial charge in [0.15, 0.2) is 0 Å². The third kappa shape index (κ3) is 4.56. The summed E-state index contributed by atoms with van der Waals surface area (Å²) in [6.45, 7) is 12.0. The zero-order chi connectivity index (χ0) is 15.9. The molecule has 0 unspecified atom stereocenters. The second-order valence-electron chi connectivity index (χ2n) is 6.54. The Morgan fingerprint density at radius 3 is 1.04 bits per heavy atom. The summed E-state index contributed by atoms with van der Waals surface area (Å²) in [6, 6.07) is 8.17. The summed E-state index contributed by atoms with van der Waals surface area (Å²) in [4.78, 5) is 0.